The lowest BCUT2D eigenvalue weighted by molar-refractivity contribution is 0.0906. The van der Waals surface area contributed by atoms with Crippen molar-refractivity contribution in [3.8, 4) is 5.75 Å². The second kappa shape index (κ2) is 5.56. The molecule has 3 heteroatoms. The van der Waals surface area contributed by atoms with Crippen molar-refractivity contribution in [2.75, 3.05) is 13.2 Å². The van der Waals surface area contributed by atoms with Crippen molar-refractivity contribution in [1.29, 1.82) is 0 Å². The van der Waals surface area contributed by atoms with Gasteiger partial charge in [0, 0.05) is 13.0 Å². The maximum atomic E-state index is 8.88. The zero-order chi connectivity index (χ0) is 9.52. The van der Waals surface area contributed by atoms with E-state index in [9.17, 15) is 0 Å². The van der Waals surface area contributed by atoms with Crippen molar-refractivity contribution in [3.63, 3.8) is 0 Å². The zero-order valence-corrected chi connectivity index (χ0v) is 7.39. The summed E-state index contributed by atoms with van der Waals surface area (Å²) in [5, 5.41) is 17.5. The molecule has 0 saturated heterocycles. The Morgan fingerprint density at radius 2 is 1.85 bits per heavy atom. The van der Waals surface area contributed by atoms with Crippen LogP contribution in [0.4, 0.5) is 0 Å². The molecular weight excluding hydrogens is 168 g/mol. The van der Waals surface area contributed by atoms with E-state index in [1.165, 1.54) is 0 Å². The molecule has 0 saturated carbocycles. The molecule has 0 amide bonds. The minimum Gasteiger partial charge on any atom is -0.488 e. The Morgan fingerprint density at radius 1 is 1.15 bits per heavy atom. The zero-order valence-electron chi connectivity index (χ0n) is 7.39. The molecule has 0 aliphatic carbocycles. The largest absolute Gasteiger partial charge is 0.488 e. The number of ether oxygens (including phenoxy) is 1. The van der Waals surface area contributed by atoms with Crippen molar-refractivity contribution < 1.29 is 14.9 Å². The van der Waals surface area contributed by atoms with Gasteiger partial charge < -0.3 is 14.9 Å². The molecule has 1 aromatic rings. The maximum absolute atomic E-state index is 8.88. The molecule has 1 atom stereocenters. The van der Waals surface area contributed by atoms with Gasteiger partial charge in [-0.3, -0.25) is 0 Å². The van der Waals surface area contributed by atoms with Crippen LogP contribution in [0, 0.1) is 0 Å². The fourth-order valence-corrected chi connectivity index (χ4v) is 1.02. The maximum Gasteiger partial charge on any atom is 0.124 e. The highest BCUT2D eigenvalue weighted by Crippen LogP contribution is 2.11. The molecule has 0 aromatic heterocycles. The van der Waals surface area contributed by atoms with E-state index in [-0.39, 0.29) is 19.3 Å². The minimum absolute atomic E-state index is 0.0259. The number of hydrogen-bond donors (Lipinski definition) is 2. The average Bonchev–Trinajstić information content (AvgIpc) is 2.19. The van der Waals surface area contributed by atoms with E-state index in [4.69, 9.17) is 14.9 Å². The molecule has 0 radical (unpaired) electrons. The monoisotopic (exact) mass is 182 g/mol. The highest BCUT2D eigenvalue weighted by Gasteiger charge is 2.07. The summed E-state index contributed by atoms with van der Waals surface area (Å²) in [6.45, 7) is -0.0481. The van der Waals surface area contributed by atoms with Gasteiger partial charge in [-0.1, -0.05) is 18.2 Å². The fourth-order valence-electron chi connectivity index (χ4n) is 1.02. The lowest BCUT2D eigenvalue weighted by Crippen LogP contribution is -2.22. The Balaban J connectivity index is 2.46. The molecule has 0 fully saturated rings. The third-order valence-electron chi connectivity index (χ3n) is 1.70. The first kappa shape index (κ1) is 10.0. The standard InChI is InChI=1S/C10H14O3/c11-7-6-10(8-12)13-9-4-2-1-3-5-9/h1-5,10-12H,6-8H2/t10-/m0/s1. The first-order chi connectivity index (χ1) is 6.36. The third kappa shape index (κ3) is 3.44. The second-order valence-corrected chi connectivity index (χ2v) is 2.75. The molecule has 72 valence electrons. The third-order valence-corrected chi connectivity index (χ3v) is 1.70. The molecule has 3 nitrogen and oxygen atoms in total. The highest BCUT2D eigenvalue weighted by atomic mass is 16.5. The minimum atomic E-state index is -0.313. The van der Waals surface area contributed by atoms with Gasteiger partial charge in [0.15, 0.2) is 0 Å². The summed E-state index contributed by atoms with van der Waals surface area (Å²) >= 11 is 0. The number of para-hydroxylation sites is 1. The van der Waals surface area contributed by atoms with E-state index in [0.29, 0.717) is 6.42 Å². The quantitative estimate of drug-likeness (QED) is 0.708. The Morgan fingerprint density at radius 3 is 2.38 bits per heavy atom. The van der Waals surface area contributed by atoms with Crippen molar-refractivity contribution >= 4 is 0 Å². The van der Waals surface area contributed by atoms with Gasteiger partial charge in [-0.25, -0.2) is 0 Å². The molecule has 13 heavy (non-hydrogen) atoms. The smallest absolute Gasteiger partial charge is 0.124 e. The molecule has 0 aliphatic heterocycles. The van der Waals surface area contributed by atoms with E-state index in [0.717, 1.165) is 5.75 Å². The summed E-state index contributed by atoms with van der Waals surface area (Å²) in [4.78, 5) is 0. The SMILES string of the molecule is OCC[C@@H](CO)Oc1ccccc1. The van der Waals surface area contributed by atoms with E-state index >= 15 is 0 Å². The van der Waals surface area contributed by atoms with Gasteiger partial charge in [-0.2, -0.15) is 0 Å². The summed E-state index contributed by atoms with van der Waals surface area (Å²) in [5.74, 6) is 0.718. The van der Waals surface area contributed by atoms with Crippen LogP contribution in [0.3, 0.4) is 0 Å². The van der Waals surface area contributed by atoms with Gasteiger partial charge in [0.1, 0.15) is 11.9 Å². The van der Waals surface area contributed by atoms with Crippen LogP contribution in [0.25, 0.3) is 0 Å². The molecule has 1 rings (SSSR count). The predicted molar refractivity (Wildman–Crippen MR) is 49.6 cm³/mol. The van der Waals surface area contributed by atoms with Crippen LogP contribution in [0.2, 0.25) is 0 Å². The van der Waals surface area contributed by atoms with Gasteiger partial charge >= 0.3 is 0 Å². The highest BCUT2D eigenvalue weighted by molar-refractivity contribution is 5.21. The van der Waals surface area contributed by atoms with E-state index < -0.39 is 0 Å². The summed E-state index contributed by atoms with van der Waals surface area (Å²) in [7, 11) is 0. The number of hydrogen-bond acceptors (Lipinski definition) is 3. The van der Waals surface area contributed by atoms with Crippen molar-refractivity contribution in [2.45, 2.75) is 12.5 Å². The summed E-state index contributed by atoms with van der Waals surface area (Å²) in [6.07, 6.45) is 0.137. The molecule has 2 N–H and O–H groups in total. The molecule has 0 heterocycles. The number of aliphatic hydroxyl groups is 2. The van der Waals surface area contributed by atoms with E-state index in [2.05, 4.69) is 0 Å². The van der Waals surface area contributed by atoms with Gasteiger partial charge in [-0.15, -0.1) is 0 Å². The molecule has 0 bridgehead atoms. The molecule has 0 unspecified atom stereocenters. The molecule has 1 aromatic carbocycles. The fraction of sp³-hybridized carbons (Fsp3) is 0.400. The first-order valence-electron chi connectivity index (χ1n) is 4.30. The average molecular weight is 182 g/mol. The van der Waals surface area contributed by atoms with E-state index in [1.54, 1.807) is 0 Å². The summed E-state index contributed by atoms with van der Waals surface area (Å²) in [6, 6.07) is 9.26. The Hall–Kier alpha value is -1.06. The van der Waals surface area contributed by atoms with Gasteiger partial charge in [0.2, 0.25) is 0 Å². The van der Waals surface area contributed by atoms with Crippen molar-refractivity contribution in [1.82, 2.24) is 0 Å². The summed E-state index contributed by atoms with van der Waals surface area (Å²) in [5.41, 5.74) is 0. The molecule has 0 spiro atoms. The normalized spacial score (nSPS) is 12.5. The van der Waals surface area contributed by atoms with Crippen LogP contribution in [-0.2, 0) is 0 Å². The number of benzene rings is 1. The van der Waals surface area contributed by atoms with E-state index in [1.807, 2.05) is 30.3 Å². The lowest BCUT2D eigenvalue weighted by Gasteiger charge is -2.15. The van der Waals surface area contributed by atoms with Crippen LogP contribution in [0.1, 0.15) is 6.42 Å². The summed E-state index contributed by atoms with van der Waals surface area (Å²) < 4.78 is 5.39. The molecule has 0 aliphatic rings. The number of aliphatic hydroxyl groups excluding tert-OH is 2. The van der Waals surface area contributed by atoms with Crippen LogP contribution >= 0.6 is 0 Å². The Bertz CT molecular complexity index is 223. The molecular formula is C10H14O3. The topological polar surface area (TPSA) is 49.7 Å². The van der Waals surface area contributed by atoms with Gasteiger partial charge in [0.05, 0.1) is 6.61 Å². The van der Waals surface area contributed by atoms with Gasteiger partial charge in [-0.05, 0) is 12.1 Å². The lowest BCUT2D eigenvalue weighted by atomic mass is 10.2. The van der Waals surface area contributed by atoms with Gasteiger partial charge in [0.25, 0.3) is 0 Å². The van der Waals surface area contributed by atoms with Crippen LogP contribution in [0.5, 0.6) is 5.75 Å². The van der Waals surface area contributed by atoms with Crippen molar-refractivity contribution in [2.24, 2.45) is 0 Å². The Kier molecular flexibility index (Phi) is 4.29. The van der Waals surface area contributed by atoms with Crippen LogP contribution < -0.4 is 4.74 Å². The van der Waals surface area contributed by atoms with Crippen molar-refractivity contribution in [3.05, 3.63) is 30.3 Å². The second-order valence-electron chi connectivity index (χ2n) is 2.75. The predicted octanol–water partition coefficient (Wildman–Crippen LogP) is 0.809. The van der Waals surface area contributed by atoms with Crippen LogP contribution in [0.15, 0.2) is 30.3 Å². The Labute approximate surface area is 77.6 Å². The first-order valence-corrected chi connectivity index (χ1v) is 4.30. The van der Waals surface area contributed by atoms with Crippen LogP contribution in [-0.4, -0.2) is 29.5 Å². The number of rotatable bonds is 5.